The standard InChI is InChI=1S/C23H21NO5/c1-27-14-10-11-17(21(12-14)28-2)20(25)13-29-23(26)22-15-6-3-4-8-18(15)24-19-9-5-7-16(19)22/h3-4,6,8,10-12H,5,7,9,13H2,1-2H3. The largest absolute Gasteiger partial charge is 0.497 e. The molecular formula is C23H21NO5. The summed E-state index contributed by atoms with van der Waals surface area (Å²) in [6, 6.07) is 12.4. The van der Waals surface area contributed by atoms with Crippen molar-refractivity contribution in [2.45, 2.75) is 19.3 Å². The Bertz CT molecular complexity index is 1110. The van der Waals surface area contributed by atoms with Crippen molar-refractivity contribution < 1.29 is 23.8 Å². The Balaban J connectivity index is 1.59. The number of pyridine rings is 1. The monoisotopic (exact) mass is 391 g/mol. The molecule has 1 heterocycles. The van der Waals surface area contributed by atoms with Crippen molar-refractivity contribution in [1.29, 1.82) is 0 Å². The topological polar surface area (TPSA) is 74.7 Å². The molecule has 0 saturated heterocycles. The van der Waals surface area contributed by atoms with Crippen LogP contribution in [0.15, 0.2) is 42.5 Å². The quantitative estimate of drug-likeness (QED) is 0.470. The molecule has 0 unspecified atom stereocenters. The minimum Gasteiger partial charge on any atom is -0.497 e. The zero-order valence-electron chi connectivity index (χ0n) is 16.4. The number of ketones is 1. The van der Waals surface area contributed by atoms with Crippen molar-refractivity contribution in [2.75, 3.05) is 20.8 Å². The molecule has 2 aromatic carbocycles. The van der Waals surface area contributed by atoms with Crippen LogP contribution in [0.2, 0.25) is 0 Å². The van der Waals surface area contributed by atoms with E-state index in [0.717, 1.165) is 41.4 Å². The van der Waals surface area contributed by atoms with E-state index in [0.29, 0.717) is 22.6 Å². The molecule has 6 heteroatoms. The Labute approximate surface area is 168 Å². The molecule has 0 aliphatic heterocycles. The van der Waals surface area contributed by atoms with Gasteiger partial charge in [0.2, 0.25) is 5.78 Å². The maximum Gasteiger partial charge on any atom is 0.339 e. The molecule has 0 spiro atoms. The van der Waals surface area contributed by atoms with E-state index in [9.17, 15) is 9.59 Å². The maximum atomic E-state index is 13.0. The first-order valence-corrected chi connectivity index (χ1v) is 9.45. The first-order valence-electron chi connectivity index (χ1n) is 9.45. The van der Waals surface area contributed by atoms with E-state index in [1.165, 1.54) is 14.2 Å². The number of aryl methyl sites for hydroxylation is 1. The number of nitrogens with zero attached hydrogens (tertiary/aromatic N) is 1. The van der Waals surface area contributed by atoms with Crippen LogP contribution >= 0.6 is 0 Å². The predicted molar refractivity (Wildman–Crippen MR) is 108 cm³/mol. The summed E-state index contributed by atoms with van der Waals surface area (Å²) in [5.41, 5.74) is 3.51. The Hall–Kier alpha value is -3.41. The summed E-state index contributed by atoms with van der Waals surface area (Å²) in [7, 11) is 3.01. The van der Waals surface area contributed by atoms with E-state index in [2.05, 4.69) is 4.98 Å². The Morgan fingerprint density at radius 3 is 2.66 bits per heavy atom. The molecule has 0 radical (unpaired) electrons. The molecule has 1 aromatic heterocycles. The third-order valence-electron chi connectivity index (χ3n) is 5.17. The van der Waals surface area contributed by atoms with Crippen LogP contribution < -0.4 is 9.47 Å². The van der Waals surface area contributed by atoms with Gasteiger partial charge in [0.1, 0.15) is 11.5 Å². The average Bonchev–Trinajstić information content (AvgIpc) is 3.22. The first-order chi connectivity index (χ1) is 14.1. The van der Waals surface area contributed by atoms with Crippen LogP contribution in [-0.2, 0) is 17.6 Å². The van der Waals surface area contributed by atoms with Crippen LogP contribution in [0.1, 0.15) is 38.4 Å². The first kappa shape index (κ1) is 18.9. The summed E-state index contributed by atoms with van der Waals surface area (Å²) in [6.07, 6.45) is 2.60. The highest BCUT2D eigenvalue weighted by Gasteiger charge is 2.25. The zero-order chi connectivity index (χ0) is 20.4. The minimum absolute atomic E-state index is 0.339. The Kier molecular flexibility index (Phi) is 5.16. The van der Waals surface area contributed by atoms with Gasteiger partial charge in [0, 0.05) is 17.1 Å². The molecule has 1 aliphatic carbocycles. The number of carbonyl (C=O) groups excluding carboxylic acids is 2. The van der Waals surface area contributed by atoms with Gasteiger partial charge in [0.05, 0.1) is 30.9 Å². The third-order valence-corrected chi connectivity index (χ3v) is 5.17. The molecule has 29 heavy (non-hydrogen) atoms. The van der Waals surface area contributed by atoms with E-state index in [4.69, 9.17) is 14.2 Å². The third kappa shape index (κ3) is 3.53. The molecule has 3 aromatic rings. The molecule has 1 aliphatic rings. The van der Waals surface area contributed by atoms with E-state index < -0.39 is 5.97 Å². The van der Waals surface area contributed by atoms with Crippen molar-refractivity contribution >= 4 is 22.7 Å². The number of aromatic nitrogens is 1. The van der Waals surface area contributed by atoms with Gasteiger partial charge in [-0.1, -0.05) is 18.2 Å². The number of esters is 1. The van der Waals surface area contributed by atoms with E-state index in [1.807, 2.05) is 24.3 Å². The summed E-state index contributed by atoms with van der Waals surface area (Å²) in [4.78, 5) is 30.3. The van der Waals surface area contributed by atoms with E-state index >= 15 is 0 Å². The van der Waals surface area contributed by atoms with Crippen LogP contribution in [0.25, 0.3) is 10.9 Å². The second kappa shape index (κ2) is 7.91. The smallest absolute Gasteiger partial charge is 0.339 e. The van der Waals surface area contributed by atoms with Crippen LogP contribution in [0.3, 0.4) is 0 Å². The molecule has 4 rings (SSSR count). The number of hydrogen-bond acceptors (Lipinski definition) is 6. The number of Topliss-reactive ketones (excluding diaryl/α,β-unsaturated/α-hetero) is 1. The predicted octanol–water partition coefficient (Wildman–Crippen LogP) is 3.78. The molecule has 6 nitrogen and oxygen atoms in total. The van der Waals surface area contributed by atoms with Crippen LogP contribution in [0.4, 0.5) is 0 Å². The number of carbonyl (C=O) groups is 2. The summed E-state index contributed by atoms with van der Waals surface area (Å²) < 4.78 is 15.8. The summed E-state index contributed by atoms with van der Waals surface area (Å²) in [5.74, 6) is 0.116. The molecule has 0 saturated carbocycles. The van der Waals surface area contributed by atoms with Gasteiger partial charge >= 0.3 is 5.97 Å². The van der Waals surface area contributed by atoms with Crippen LogP contribution in [0.5, 0.6) is 11.5 Å². The van der Waals surface area contributed by atoms with Crippen molar-refractivity contribution in [1.82, 2.24) is 4.98 Å². The van der Waals surface area contributed by atoms with Crippen molar-refractivity contribution in [3.05, 3.63) is 64.8 Å². The highest BCUT2D eigenvalue weighted by Crippen LogP contribution is 2.31. The lowest BCUT2D eigenvalue weighted by molar-refractivity contribution is 0.0475. The second-order valence-corrected chi connectivity index (χ2v) is 6.85. The fourth-order valence-corrected chi connectivity index (χ4v) is 3.75. The lowest BCUT2D eigenvalue weighted by Crippen LogP contribution is -2.17. The van der Waals surface area contributed by atoms with Gasteiger partial charge in [-0.25, -0.2) is 4.79 Å². The molecule has 0 N–H and O–H groups in total. The number of para-hydroxylation sites is 1. The molecule has 0 amide bonds. The number of rotatable bonds is 6. The Morgan fingerprint density at radius 1 is 1.03 bits per heavy atom. The summed E-state index contributed by atoms with van der Waals surface area (Å²) in [6.45, 7) is -0.368. The van der Waals surface area contributed by atoms with Gasteiger partial charge in [-0.2, -0.15) is 0 Å². The normalized spacial score (nSPS) is 12.5. The molecule has 0 fully saturated rings. The van der Waals surface area contributed by atoms with Crippen molar-refractivity contribution in [2.24, 2.45) is 0 Å². The number of fused-ring (bicyclic) bond motifs is 2. The van der Waals surface area contributed by atoms with Gasteiger partial charge < -0.3 is 14.2 Å². The molecule has 0 bridgehead atoms. The highest BCUT2D eigenvalue weighted by atomic mass is 16.5. The van der Waals surface area contributed by atoms with Gasteiger partial charge in [-0.05, 0) is 43.0 Å². The number of benzene rings is 2. The van der Waals surface area contributed by atoms with Gasteiger partial charge in [-0.15, -0.1) is 0 Å². The zero-order valence-corrected chi connectivity index (χ0v) is 16.4. The SMILES string of the molecule is COc1ccc(C(=O)COC(=O)c2c3c(nc4ccccc24)CCC3)c(OC)c1. The van der Waals surface area contributed by atoms with Crippen molar-refractivity contribution in [3.8, 4) is 11.5 Å². The minimum atomic E-state index is -0.498. The second-order valence-electron chi connectivity index (χ2n) is 6.85. The van der Waals surface area contributed by atoms with Crippen molar-refractivity contribution in [3.63, 3.8) is 0 Å². The van der Waals surface area contributed by atoms with Gasteiger partial charge in [0.25, 0.3) is 0 Å². The average molecular weight is 391 g/mol. The van der Waals surface area contributed by atoms with E-state index in [1.54, 1.807) is 18.2 Å². The number of methoxy groups -OCH3 is 2. The van der Waals surface area contributed by atoms with Crippen LogP contribution in [-0.4, -0.2) is 37.6 Å². The Morgan fingerprint density at radius 2 is 1.86 bits per heavy atom. The van der Waals surface area contributed by atoms with Gasteiger partial charge in [0.15, 0.2) is 6.61 Å². The number of hydrogen-bond donors (Lipinski definition) is 0. The lowest BCUT2D eigenvalue weighted by atomic mass is 10.0. The molecule has 148 valence electrons. The van der Waals surface area contributed by atoms with Crippen LogP contribution in [0, 0.1) is 0 Å². The summed E-state index contributed by atoms with van der Waals surface area (Å²) in [5, 5.41) is 0.757. The summed E-state index contributed by atoms with van der Waals surface area (Å²) >= 11 is 0. The number of ether oxygens (including phenoxy) is 3. The lowest BCUT2D eigenvalue weighted by Gasteiger charge is -2.13. The van der Waals surface area contributed by atoms with E-state index in [-0.39, 0.29) is 12.4 Å². The molecule has 0 atom stereocenters. The maximum absolute atomic E-state index is 13.0. The molecular weight excluding hydrogens is 370 g/mol. The highest BCUT2D eigenvalue weighted by molar-refractivity contribution is 6.07. The fraction of sp³-hybridized carbons (Fsp3) is 0.261. The van der Waals surface area contributed by atoms with Gasteiger partial charge in [-0.3, -0.25) is 9.78 Å². The fourth-order valence-electron chi connectivity index (χ4n) is 3.75.